The normalized spacial score (nSPS) is 33.8. The Morgan fingerprint density at radius 1 is 1.05 bits per heavy atom. The molecule has 3 unspecified atom stereocenters. The lowest BCUT2D eigenvalue weighted by Gasteiger charge is -2.40. The maximum atomic E-state index is 6.37. The first-order valence-electron chi connectivity index (χ1n) is 8.78. The topological polar surface area (TPSA) is 32.5 Å². The highest BCUT2D eigenvalue weighted by molar-refractivity contribution is 4.85. The molecule has 3 heteroatoms. The largest absolute Gasteiger partial charge is 0.327 e. The summed E-state index contributed by atoms with van der Waals surface area (Å²) >= 11 is 0. The van der Waals surface area contributed by atoms with E-state index in [0.717, 1.165) is 17.8 Å². The summed E-state index contributed by atoms with van der Waals surface area (Å²) in [6.45, 7) is 14.5. The van der Waals surface area contributed by atoms with Crippen molar-refractivity contribution in [2.75, 3.05) is 39.3 Å². The van der Waals surface area contributed by atoms with Crippen LogP contribution in [0.5, 0.6) is 0 Å². The smallest absolute Gasteiger partial charge is 0.0110 e. The summed E-state index contributed by atoms with van der Waals surface area (Å²) in [4.78, 5) is 5.29. The van der Waals surface area contributed by atoms with Crippen molar-refractivity contribution in [1.82, 2.24) is 9.80 Å². The average Bonchev–Trinajstić information content (AvgIpc) is 2.43. The highest BCUT2D eigenvalue weighted by Gasteiger charge is 2.29. The van der Waals surface area contributed by atoms with Crippen molar-refractivity contribution in [2.45, 2.75) is 52.5 Å². The molecule has 2 rings (SSSR count). The van der Waals surface area contributed by atoms with Crippen LogP contribution < -0.4 is 5.73 Å². The maximum absolute atomic E-state index is 6.37. The molecule has 1 saturated heterocycles. The van der Waals surface area contributed by atoms with Crippen LogP contribution in [0.3, 0.4) is 0 Å². The van der Waals surface area contributed by atoms with Crippen molar-refractivity contribution in [3.05, 3.63) is 0 Å². The minimum atomic E-state index is 0.450. The first-order chi connectivity index (χ1) is 9.58. The Hall–Kier alpha value is -0.120. The van der Waals surface area contributed by atoms with Gasteiger partial charge in [0.1, 0.15) is 0 Å². The highest BCUT2D eigenvalue weighted by atomic mass is 15.3. The van der Waals surface area contributed by atoms with E-state index in [1.807, 2.05) is 0 Å². The van der Waals surface area contributed by atoms with E-state index in [4.69, 9.17) is 5.73 Å². The molecule has 0 aromatic heterocycles. The highest BCUT2D eigenvalue weighted by Crippen LogP contribution is 2.31. The standard InChI is InChI=1S/C17H35N3/c1-4-15-5-6-17(18)16(11-15)13-20-9-7-19(8-10-20)12-14(2)3/h14-17H,4-13,18H2,1-3H3. The van der Waals surface area contributed by atoms with Gasteiger partial charge in [-0.1, -0.05) is 27.2 Å². The number of hydrogen-bond donors (Lipinski definition) is 1. The van der Waals surface area contributed by atoms with Gasteiger partial charge in [-0.15, -0.1) is 0 Å². The molecule has 2 aliphatic rings. The summed E-state index contributed by atoms with van der Waals surface area (Å²) in [6.07, 6.45) is 5.31. The molecule has 1 aliphatic heterocycles. The second-order valence-electron chi connectivity index (χ2n) is 7.51. The molecule has 1 saturated carbocycles. The SMILES string of the molecule is CCC1CCC(N)C(CN2CCN(CC(C)C)CC2)C1. The summed E-state index contributed by atoms with van der Waals surface area (Å²) < 4.78 is 0. The molecule has 0 spiro atoms. The number of nitrogens with zero attached hydrogens (tertiary/aromatic N) is 2. The van der Waals surface area contributed by atoms with Crippen molar-refractivity contribution in [3.63, 3.8) is 0 Å². The van der Waals surface area contributed by atoms with E-state index in [1.54, 1.807) is 0 Å². The zero-order valence-corrected chi connectivity index (χ0v) is 13.9. The zero-order chi connectivity index (χ0) is 14.5. The lowest BCUT2D eigenvalue weighted by Crippen LogP contribution is -2.51. The molecule has 0 aromatic rings. The number of hydrogen-bond acceptors (Lipinski definition) is 3. The Balaban J connectivity index is 1.74. The third-order valence-electron chi connectivity index (χ3n) is 5.31. The third kappa shape index (κ3) is 4.71. The van der Waals surface area contributed by atoms with E-state index in [2.05, 4.69) is 30.6 Å². The van der Waals surface area contributed by atoms with Crippen LogP contribution in [0, 0.1) is 17.8 Å². The Bertz CT molecular complexity index is 271. The molecule has 0 aromatic carbocycles. The summed E-state index contributed by atoms with van der Waals surface area (Å²) in [6, 6.07) is 0.450. The van der Waals surface area contributed by atoms with E-state index in [-0.39, 0.29) is 0 Å². The van der Waals surface area contributed by atoms with E-state index < -0.39 is 0 Å². The van der Waals surface area contributed by atoms with Gasteiger partial charge in [0.25, 0.3) is 0 Å². The van der Waals surface area contributed by atoms with E-state index >= 15 is 0 Å². The Morgan fingerprint density at radius 3 is 2.30 bits per heavy atom. The molecule has 20 heavy (non-hydrogen) atoms. The van der Waals surface area contributed by atoms with Crippen molar-refractivity contribution in [3.8, 4) is 0 Å². The maximum Gasteiger partial charge on any atom is 0.0110 e. The van der Waals surface area contributed by atoms with Gasteiger partial charge >= 0.3 is 0 Å². The fourth-order valence-corrected chi connectivity index (χ4v) is 3.97. The van der Waals surface area contributed by atoms with E-state index in [9.17, 15) is 0 Å². The zero-order valence-electron chi connectivity index (χ0n) is 13.9. The van der Waals surface area contributed by atoms with Crippen molar-refractivity contribution in [2.24, 2.45) is 23.5 Å². The van der Waals surface area contributed by atoms with E-state index in [0.29, 0.717) is 6.04 Å². The van der Waals surface area contributed by atoms with Crippen LogP contribution in [0.15, 0.2) is 0 Å². The summed E-state index contributed by atoms with van der Waals surface area (Å²) in [7, 11) is 0. The molecule has 1 heterocycles. The van der Waals surface area contributed by atoms with E-state index in [1.165, 1.54) is 65.0 Å². The van der Waals surface area contributed by atoms with Gasteiger partial charge in [0, 0.05) is 45.3 Å². The minimum Gasteiger partial charge on any atom is -0.327 e. The lowest BCUT2D eigenvalue weighted by atomic mass is 9.77. The summed E-state index contributed by atoms with van der Waals surface area (Å²) in [5.74, 6) is 2.46. The van der Waals surface area contributed by atoms with Crippen molar-refractivity contribution in [1.29, 1.82) is 0 Å². The molecule has 118 valence electrons. The molecule has 0 bridgehead atoms. The van der Waals surface area contributed by atoms with Crippen molar-refractivity contribution < 1.29 is 0 Å². The second kappa shape index (κ2) is 7.77. The minimum absolute atomic E-state index is 0.450. The molecule has 2 fully saturated rings. The molecule has 0 radical (unpaired) electrons. The van der Waals surface area contributed by atoms with Gasteiger partial charge in [-0.3, -0.25) is 0 Å². The molecule has 3 atom stereocenters. The fraction of sp³-hybridized carbons (Fsp3) is 1.00. The predicted octanol–water partition coefficient (Wildman–Crippen LogP) is 2.41. The Kier molecular flexibility index (Phi) is 6.31. The molecular formula is C17H35N3. The van der Waals surface area contributed by atoms with Gasteiger partial charge in [-0.05, 0) is 37.0 Å². The van der Waals surface area contributed by atoms with Crippen LogP contribution in [-0.2, 0) is 0 Å². The summed E-state index contributed by atoms with van der Waals surface area (Å²) in [5, 5.41) is 0. The molecule has 3 nitrogen and oxygen atoms in total. The average molecular weight is 281 g/mol. The van der Waals surface area contributed by atoms with Gasteiger partial charge in [-0.2, -0.15) is 0 Å². The molecule has 0 amide bonds. The monoisotopic (exact) mass is 281 g/mol. The fourth-order valence-electron chi connectivity index (χ4n) is 3.97. The second-order valence-corrected chi connectivity index (χ2v) is 7.51. The first-order valence-corrected chi connectivity index (χ1v) is 8.78. The Labute approximate surface area is 125 Å². The van der Waals surface area contributed by atoms with Crippen LogP contribution >= 0.6 is 0 Å². The van der Waals surface area contributed by atoms with Crippen LogP contribution in [0.2, 0.25) is 0 Å². The van der Waals surface area contributed by atoms with Gasteiger partial charge in [-0.25, -0.2) is 0 Å². The Morgan fingerprint density at radius 2 is 1.70 bits per heavy atom. The molecule has 1 aliphatic carbocycles. The van der Waals surface area contributed by atoms with Crippen molar-refractivity contribution >= 4 is 0 Å². The van der Waals surface area contributed by atoms with Gasteiger partial charge < -0.3 is 15.5 Å². The molecule has 2 N–H and O–H groups in total. The van der Waals surface area contributed by atoms with Gasteiger partial charge in [0.2, 0.25) is 0 Å². The lowest BCUT2D eigenvalue weighted by molar-refractivity contribution is 0.0893. The van der Waals surface area contributed by atoms with Gasteiger partial charge in [0.15, 0.2) is 0 Å². The number of piperazine rings is 1. The van der Waals surface area contributed by atoms with Crippen LogP contribution in [0.25, 0.3) is 0 Å². The van der Waals surface area contributed by atoms with Crippen LogP contribution in [0.4, 0.5) is 0 Å². The van der Waals surface area contributed by atoms with Crippen LogP contribution in [-0.4, -0.2) is 55.1 Å². The predicted molar refractivity (Wildman–Crippen MR) is 86.8 cm³/mol. The number of nitrogens with two attached hydrogens (primary N) is 1. The van der Waals surface area contributed by atoms with Gasteiger partial charge in [0.05, 0.1) is 0 Å². The third-order valence-corrected chi connectivity index (χ3v) is 5.31. The molecular weight excluding hydrogens is 246 g/mol. The first kappa shape index (κ1) is 16.3. The quantitative estimate of drug-likeness (QED) is 0.840. The number of rotatable bonds is 5. The van der Waals surface area contributed by atoms with Crippen LogP contribution in [0.1, 0.15) is 46.5 Å². The summed E-state index contributed by atoms with van der Waals surface area (Å²) in [5.41, 5.74) is 6.37.